The van der Waals surface area contributed by atoms with Crippen LogP contribution in [0.1, 0.15) is 19.8 Å². The van der Waals surface area contributed by atoms with Crippen LogP contribution >= 0.6 is 24.6 Å². The summed E-state index contributed by atoms with van der Waals surface area (Å²) in [4.78, 5) is 10.3. The molecular weight excluding hydrogens is 182 g/mol. The SMILES string of the molecule is CC(S)C[C@H](CC(=O)O)SN. The third-order valence-electron chi connectivity index (χ3n) is 1.20. The summed E-state index contributed by atoms with van der Waals surface area (Å²) in [6.45, 7) is 1.92. The Morgan fingerprint density at radius 1 is 1.82 bits per heavy atom. The predicted molar refractivity (Wildman–Crippen MR) is 50.9 cm³/mol. The van der Waals surface area contributed by atoms with Crippen molar-refractivity contribution in [1.29, 1.82) is 0 Å². The van der Waals surface area contributed by atoms with Gasteiger partial charge in [0.15, 0.2) is 0 Å². The quantitative estimate of drug-likeness (QED) is 0.455. The van der Waals surface area contributed by atoms with E-state index in [2.05, 4.69) is 12.6 Å². The summed E-state index contributed by atoms with van der Waals surface area (Å²) in [6, 6.07) is 0. The van der Waals surface area contributed by atoms with Crippen LogP contribution in [0.2, 0.25) is 0 Å². The van der Waals surface area contributed by atoms with Crippen LogP contribution in [0, 0.1) is 0 Å². The maximum absolute atomic E-state index is 10.3. The molecule has 0 aromatic heterocycles. The number of rotatable bonds is 5. The monoisotopic (exact) mass is 195 g/mol. The van der Waals surface area contributed by atoms with Crippen molar-refractivity contribution >= 4 is 30.5 Å². The van der Waals surface area contributed by atoms with Crippen molar-refractivity contribution in [3.05, 3.63) is 0 Å². The molecule has 0 aliphatic heterocycles. The summed E-state index contributed by atoms with van der Waals surface area (Å²) in [6.07, 6.45) is 0.850. The van der Waals surface area contributed by atoms with E-state index in [4.69, 9.17) is 10.2 Å². The average molecular weight is 195 g/mol. The van der Waals surface area contributed by atoms with E-state index in [-0.39, 0.29) is 16.9 Å². The third kappa shape index (κ3) is 6.52. The molecule has 2 atom stereocenters. The van der Waals surface area contributed by atoms with Gasteiger partial charge in [-0.1, -0.05) is 18.9 Å². The van der Waals surface area contributed by atoms with Gasteiger partial charge in [-0.05, 0) is 11.7 Å². The first kappa shape index (κ1) is 11.1. The van der Waals surface area contributed by atoms with Crippen LogP contribution in [0.4, 0.5) is 0 Å². The fourth-order valence-corrected chi connectivity index (χ4v) is 1.80. The molecule has 3 nitrogen and oxygen atoms in total. The van der Waals surface area contributed by atoms with Gasteiger partial charge in [0.25, 0.3) is 0 Å². The minimum absolute atomic E-state index is 0.0139. The summed E-state index contributed by atoms with van der Waals surface area (Å²) in [5.74, 6) is -0.804. The molecule has 0 aromatic rings. The molecule has 66 valence electrons. The Balaban J connectivity index is 3.66. The molecule has 0 amide bonds. The van der Waals surface area contributed by atoms with Gasteiger partial charge in [0, 0.05) is 5.25 Å². The van der Waals surface area contributed by atoms with Crippen molar-refractivity contribution in [3.8, 4) is 0 Å². The zero-order valence-corrected chi connectivity index (χ0v) is 8.07. The lowest BCUT2D eigenvalue weighted by molar-refractivity contribution is -0.136. The van der Waals surface area contributed by atoms with Crippen molar-refractivity contribution in [3.63, 3.8) is 0 Å². The summed E-state index contributed by atoms with van der Waals surface area (Å²) in [7, 11) is 0. The molecule has 11 heavy (non-hydrogen) atoms. The minimum Gasteiger partial charge on any atom is -0.481 e. The topological polar surface area (TPSA) is 63.3 Å². The van der Waals surface area contributed by atoms with Crippen molar-refractivity contribution in [2.45, 2.75) is 30.3 Å². The number of nitrogens with two attached hydrogens (primary N) is 1. The van der Waals surface area contributed by atoms with Gasteiger partial charge < -0.3 is 5.11 Å². The van der Waals surface area contributed by atoms with Gasteiger partial charge >= 0.3 is 5.97 Å². The largest absolute Gasteiger partial charge is 0.481 e. The van der Waals surface area contributed by atoms with Crippen LogP contribution in [0.5, 0.6) is 0 Å². The molecule has 0 heterocycles. The lowest BCUT2D eigenvalue weighted by Crippen LogP contribution is -2.15. The smallest absolute Gasteiger partial charge is 0.304 e. The van der Waals surface area contributed by atoms with Crippen LogP contribution in [-0.2, 0) is 4.79 Å². The summed E-state index contributed by atoms with van der Waals surface area (Å²) in [5.41, 5.74) is 0. The van der Waals surface area contributed by atoms with Gasteiger partial charge in [0.1, 0.15) is 0 Å². The number of carboxylic acids is 1. The van der Waals surface area contributed by atoms with Crippen LogP contribution in [0.3, 0.4) is 0 Å². The van der Waals surface area contributed by atoms with E-state index in [9.17, 15) is 4.79 Å². The molecule has 0 aromatic carbocycles. The van der Waals surface area contributed by atoms with Gasteiger partial charge in [0.2, 0.25) is 0 Å². The molecule has 0 aliphatic carbocycles. The molecule has 0 bridgehead atoms. The maximum Gasteiger partial charge on any atom is 0.304 e. The highest BCUT2D eigenvalue weighted by Gasteiger charge is 2.13. The lowest BCUT2D eigenvalue weighted by atomic mass is 10.2. The van der Waals surface area contributed by atoms with Crippen LogP contribution in [0.25, 0.3) is 0 Å². The Labute approximate surface area is 76.3 Å². The second-order valence-corrected chi connectivity index (χ2v) is 4.26. The summed E-state index contributed by atoms with van der Waals surface area (Å²) < 4.78 is 0. The van der Waals surface area contributed by atoms with Gasteiger partial charge in [-0.25, -0.2) is 0 Å². The van der Waals surface area contributed by atoms with Crippen LogP contribution in [0.15, 0.2) is 0 Å². The average Bonchev–Trinajstić information content (AvgIpc) is 1.84. The standard InChI is InChI=1S/C6H13NO2S2/c1-4(10)2-5(11-7)3-6(8)9/h4-5,10H,2-3,7H2,1H3,(H,8,9)/t4?,5-/m1/s1. The van der Waals surface area contributed by atoms with Crippen molar-refractivity contribution in [1.82, 2.24) is 0 Å². The van der Waals surface area contributed by atoms with E-state index in [1.165, 1.54) is 0 Å². The third-order valence-corrected chi connectivity index (χ3v) is 2.15. The molecule has 0 fully saturated rings. The molecular formula is C6H13NO2S2. The molecule has 0 spiro atoms. The van der Waals surface area contributed by atoms with Gasteiger partial charge in [0.05, 0.1) is 6.42 Å². The number of hydrogen-bond acceptors (Lipinski definition) is 4. The molecule has 5 heteroatoms. The van der Waals surface area contributed by atoms with Crippen molar-refractivity contribution in [2.75, 3.05) is 0 Å². The van der Waals surface area contributed by atoms with E-state index in [1.54, 1.807) is 0 Å². The number of thiol groups is 1. The highest BCUT2D eigenvalue weighted by Crippen LogP contribution is 2.16. The Bertz CT molecular complexity index is 130. The first-order chi connectivity index (χ1) is 5.06. The highest BCUT2D eigenvalue weighted by atomic mass is 32.2. The Hall–Kier alpha value is 0.130. The second-order valence-electron chi connectivity index (χ2n) is 2.44. The van der Waals surface area contributed by atoms with E-state index in [0.29, 0.717) is 0 Å². The fourth-order valence-electron chi connectivity index (χ4n) is 0.762. The van der Waals surface area contributed by atoms with Crippen LogP contribution < -0.4 is 5.14 Å². The summed E-state index contributed by atoms with van der Waals surface area (Å²) in [5, 5.41) is 13.9. The number of hydrogen-bond donors (Lipinski definition) is 3. The van der Waals surface area contributed by atoms with Crippen molar-refractivity contribution < 1.29 is 9.90 Å². The van der Waals surface area contributed by atoms with Gasteiger partial charge in [-0.15, -0.1) is 0 Å². The van der Waals surface area contributed by atoms with E-state index in [1.807, 2.05) is 6.92 Å². The van der Waals surface area contributed by atoms with Gasteiger partial charge in [-0.2, -0.15) is 12.6 Å². The first-order valence-corrected chi connectivity index (χ1v) is 4.77. The molecule has 0 rings (SSSR count). The van der Waals surface area contributed by atoms with Crippen molar-refractivity contribution in [2.24, 2.45) is 5.14 Å². The Morgan fingerprint density at radius 2 is 2.36 bits per heavy atom. The highest BCUT2D eigenvalue weighted by molar-refractivity contribution is 7.97. The van der Waals surface area contributed by atoms with Crippen LogP contribution in [-0.4, -0.2) is 21.6 Å². The van der Waals surface area contributed by atoms with E-state index in [0.717, 1.165) is 18.4 Å². The second kappa shape index (κ2) is 5.74. The number of carbonyl (C=O) groups is 1. The Morgan fingerprint density at radius 3 is 2.64 bits per heavy atom. The number of aliphatic carboxylic acids is 1. The fraction of sp³-hybridized carbons (Fsp3) is 0.833. The number of carboxylic acid groups (broad SMARTS) is 1. The lowest BCUT2D eigenvalue weighted by Gasteiger charge is -2.12. The normalized spacial score (nSPS) is 15.9. The molecule has 0 radical (unpaired) electrons. The van der Waals surface area contributed by atoms with E-state index >= 15 is 0 Å². The van der Waals surface area contributed by atoms with E-state index < -0.39 is 5.97 Å². The molecule has 0 aliphatic rings. The zero-order valence-electron chi connectivity index (χ0n) is 6.36. The van der Waals surface area contributed by atoms with Gasteiger partial charge in [-0.3, -0.25) is 9.93 Å². The summed E-state index contributed by atoms with van der Waals surface area (Å²) >= 11 is 5.25. The zero-order chi connectivity index (χ0) is 8.85. The molecule has 0 saturated heterocycles. The maximum atomic E-state index is 10.3. The predicted octanol–water partition coefficient (Wildman–Crippen LogP) is 1.15. The Kier molecular flexibility index (Phi) is 5.81. The minimum atomic E-state index is -0.804. The molecule has 3 N–H and O–H groups in total. The first-order valence-electron chi connectivity index (χ1n) is 3.31. The molecule has 0 saturated carbocycles. The molecule has 1 unspecified atom stereocenters.